The van der Waals surface area contributed by atoms with Gasteiger partial charge in [-0.25, -0.2) is 8.42 Å². The summed E-state index contributed by atoms with van der Waals surface area (Å²) in [6, 6.07) is 19.5. The summed E-state index contributed by atoms with van der Waals surface area (Å²) in [7, 11) is -1.77. The van der Waals surface area contributed by atoms with Crippen LogP contribution in [-0.4, -0.2) is 46.1 Å². The molecule has 1 heterocycles. The van der Waals surface area contributed by atoms with E-state index < -0.39 is 10.0 Å². The largest absolute Gasteiger partial charge is 0.497 e. The molecule has 0 amide bonds. The lowest BCUT2D eigenvalue weighted by molar-refractivity contribution is 0.0730. The lowest BCUT2D eigenvalue weighted by atomic mass is 10.1. The van der Waals surface area contributed by atoms with E-state index in [-0.39, 0.29) is 0 Å². The third-order valence-electron chi connectivity index (χ3n) is 5.30. The van der Waals surface area contributed by atoms with Crippen molar-refractivity contribution < 1.29 is 17.9 Å². The molecule has 7 heteroatoms. The maximum Gasteiger partial charge on any atom is 0.243 e. The summed E-state index contributed by atoms with van der Waals surface area (Å²) in [6.45, 7) is 3.11. The Hall–Kier alpha value is -2.45. The molecule has 0 aromatic heterocycles. The lowest BCUT2D eigenvalue weighted by Gasteiger charge is -2.26. The van der Waals surface area contributed by atoms with Gasteiger partial charge in [0.15, 0.2) is 0 Å². The van der Waals surface area contributed by atoms with Crippen molar-refractivity contribution in [1.29, 1.82) is 0 Å². The zero-order valence-electron chi connectivity index (χ0n) is 17.0. The molecule has 0 spiro atoms. The predicted molar refractivity (Wildman–Crippen MR) is 117 cm³/mol. The Kier molecular flexibility index (Phi) is 6.34. The Labute approximate surface area is 177 Å². The van der Waals surface area contributed by atoms with Crippen LogP contribution in [0.4, 0.5) is 0 Å². The van der Waals surface area contributed by atoms with Crippen LogP contribution < -0.4 is 10.1 Å². The molecule has 1 aliphatic rings. The van der Waals surface area contributed by atoms with Crippen molar-refractivity contribution >= 4 is 20.8 Å². The fraction of sp³-hybridized carbons (Fsp3) is 0.304. The van der Waals surface area contributed by atoms with Crippen LogP contribution in [0.2, 0.25) is 0 Å². The van der Waals surface area contributed by atoms with Gasteiger partial charge in [-0.15, -0.1) is 0 Å². The summed E-state index contributed by atoms with van der Waals surface area (Å²) < 4.78 is 37.4. The van der Waals surface area contributed by atoms with E-state index in [2.05, 4.69) is 29.6 Å². The molecule has 1 N–H and O–H groups in total. The molecule has 30 heavy (non-hydrogen) atoms. The van der Waals surface area contributed by atoms with E-state index in [4.69, 9.17) is 9.47 Å². The Bertz CT molecular complexity index is 1110. The molecule has 0 radical (unpaired) electrons. The van der Waals surface area contributed by atoms with Gasteiger partial charge in [-0.2, -0.15) is 4.31 Å². The number of rotatable bonds is 7. The number of hydrogen-bond donors (Lipinski definition) is 1. The van der Waals surface area contributed by atoms with Gasteiger partial charge in [0, 0.05) is 26.2 Å². The molecule has 3 aromatic rings. The molecular formula is C23H26N2O4S. The average molecular weight is 427 g/mol. The first-order valence-electron chi connectivity index (χ1n) is 10.0. The minimum atomic E-state index is -3.44. The van der Waals surface area contributed by atoms with Gasteiger partial charge in [-0.1, -0.05) is 30.3 Å². The molecule has 3 aromatic carbocycles. The first kappa shape index (κ1) is 20.8. The van der Waals surface area contributed by atoms with Gasteiger partial charge in [-0.3, -0.25) is 0 Å². The van der Waals surface area contributed by atoms with E-state index in [0.29, 0.717) is 37.7 Å². The van der Waals surface area contributed by atoms with Crippen LogP contribution in [0.15, 0.2) is 65.6 Å². The smallest absolute Gasteiger partial charge is 0.243 e. The monoisotopic (exact) mass is 426 g/mol. The zero-order valence-corrected chi connectivity index (χ0v) is 17.8. The Balaban J connectivity index is 1.35. The third kappa shape index (κ3) is 4.65. The lowest BCUT2D eigenvalue weighted by Crippen LogP contribution is -2.40. The van der Waals surface area contributed by atoms with E-state index >= 15 is 0 Å². The summed E-state index contributed by atoms with van der Waals surface area (Å²) in [5, 5.41) is 5.75. The normalized spacial score (nSPS) is 15.4. The van der Waals surface area contributed by atoms with Crippen LogP contribution in [0.1, 0.15) is 11.1 Å². The molecule has 0 atom stereocenters. The van der Waals surface area contributed by atoms with Crippen LogP contribution in [0.5, 0.6) is 5.75 Å². The standard InChI is InChI=1S/C23H26N2O4S/c1-28-22-7-6-20-14-19(2-5-21(20)15-22)17-24-16-18-3-8-23(9-4-18)30(26,27)25-10-12-29-13-11-25/h2-9,14-15,24H,10-13,16-17H2,1H3. The fourth-order valence-electron chi connectivity index (χ4n) is 3.58. The molecule has 6 nitrogen and oxygen atoms in total. The van der Waals surface area contributed by atoms with E-state index in [1.807, 2.05) is 24.3 Å². The number of nitrogens with zero attached hydrogens (tertiary/aromatic N) is 1. The van der Waals surface area contributed by atoms with Crippen molar-refractivity contribution in [3.63, 3.8) is 0 Å². The second-order valence-electron chi connectivity index (χ2n) is 7.31. The van der Waals surface area contributed by atoms with Crippen molar-refractivity contribution in [2.24, 2.45) is 0 Å². The molecule has 158 valence electrons. The molecule has 0 bridgehead atoms. The highest BCUT2D eigenvalue weighted by Gasteiger charge is 2.25. The van der Waals surface area contributed by atoms with E-state index in [1.54, 1.807) is 19.2 Å². The maximum atomic E-state index is 12.7. The molecule has 1 aliphatic heterocycles. The number of nitrogens with one attached hydrogen (secondary N) is 1. The molecule has 1 saturated heterocycles. The Morgan fingerprint density at radius 3 is 2.27 bits per heavy atom. The van der Waals surface area contributed by atoms with Crippen LogP contribution in [0.3, 0.4) is 0 Å². The van der Waals surface area contributed by atoms with E-state index in [1.165, 1.54) is 15.3 Å². The molecule has 0 aliphatic carbocycles. The first-order chi connectivity index (χ1) is 14.6. The van der Waals surface area contributed by atoms with Crippen molar-refractivity contribution in [1.82, 2.24) is 9.62 Å². The molecule has 0 unspecified atom stereocenters. The summed E-state index contributed by atoms with van der Waals surface area (Å²) >= 11 is 0. The molecule has 1 fully saturated rings. The Morgan fingerprint density at radius 1 is 0.900 bits per heavy atom. The van der Waals surface area contributed by atoms with Gasteiger partial charge >= 0.3 is 0 Å². The summed E-state index contributed by atoms with van der Waals surface area (Å²) in [6.07, 6.45) is 0. The van der Waals surface area contributed by atoms with E-state index in [0.717, 1.165) is 23.2 Å². The van der Waals surface area contributed by atoms with Crippen molar-refractivity contribution in [2.45, 2.75) is 18.0 Å². The van der Waals surface area contributed by atoms with Gasteiger partial charge < -0.3 is 14.8 Å². The second-order valence-corrected chi connectivity index (χ2v) is 9.25. The Morgan fingerprint density at radius 2 is 1.53 bits per heavy atom. The molecule has 4 rings (SSSR count). The second kappa shape index (κ2) is 9.14. The summed E-state index contributed by atoms with van der Waals surface area (Å²) in [4.78, 5) is 0.332. The maximum absolute atomic E-state index is 12.7. The third-order valence-corrected chi connectivity index (χ3v) is 7.21. The van der Waals surface area contributed by atoms with Crippen LogP contribution >= 0.6 is 0 Å². The van der Waals surface area contributed by atoms with Gasteiger partial charge in [0.1, 0.15) is 5.75 Å². The number of ether oxygens (including phenoxy) is 2. The number of morpholine rings is 1. The molecular weight excluding hydrogens is 400 g/mol. The van der Waals surface area contributed by atoms with Crippen molar-refractivity contribution in [2.75, 3.05) is 33.4 Å². The number of hydrogen-bond acceptors (Lipinski definition) is 5. The average Bonchev–Trinajstić information content (AvgIpc) is 2.79. The van der Waals surface area contributed by atoms with Gasteiger partial charge in [0.25, 0.3) is 0 Å². The minimum absolute atomic E-state index is 0.332. The number of benzene rings is 3. The highest BCUT2D eigenvalue weighted by molar-refractivity contribution is 7.89. The summed E-state index contributed by atoms with van der Waals surface area (Å²) in [5.41, 5.74) is 2.24. The zero-order chi connectivity index (χ0) is 21.0. The number of sulfonamides is 1. The van der Waals surface area contributed by atoms with Crippen molar-refractivity contribution in [3.8, 4) is 5.75 Å². The van der Waals surface area contributed by atoms with Gasteiger partial charge in [-0.05, 0) is 52.2 Å². The topological polar surface area (TPSA) is 67.9 Å². The fourth-order valence-corrected chi connectivity index (χ4v) is 4.98. The van der Waals surface area contributed by atoms with Crippen LogP contribution in [0.25, 0.3) is 10.8 Å². The highest BCUT2D eigenvalue weighted by atomic mass is 32.2. The first-order valence-corrected chi connectivity index (χ1v) is 11.4. The van der Waals surface area contributed by atoms with Crippen molar-refractivity contribution in [3.05, 3.63) is 71.8 Å². The van der Waals surface area contributed by atoms with Crippen LogP contribution in [0, 0.1) is 0 Å². The number of methoxy groups -OCH3 is 1. The minimum Gasteiger partial charge on any atom is -0.497 e. The number of fused-ring (bicyclic) bond motifs is 1. The SMILES string of the molecule is COc1ccc2cc(CNCc3ccc(S(=O)(=O)N4CCOCC4)cc3)ccc2c1. The van der Waals surface area contributed by atoms with Gasteiger partial charge in [0.05, 0.1) is 25.2 Å². The predicted octanol–water partition coefficient (Wildman–Crippen LogP) is 3.16. The van der Waals surface area contributed by atoms with E-state index in [9.17, 15) is 8.42 Å². The highest BCUT2D eigenvalue weighted by Crippen LogP contribution is 2.22. The van der Waals surface area contributed by atoms with Crippen LogP contribution in [-0.2, 0) is 27.8 Å². The molecule has 0 saturated carbocycles. The van der Waals surface area contributed by atoms with Gasteiger partial charge in [0.2, 0.25) is 10.0 Å². The summed E-state index contributed by atoms with van der Waals surface area (Å²) in [5.74, 6) is 0.854. The quantitative estimate of drug-likeness (QED) is 0.629.